The van der Waals surface area contributed by atoms with Crippen LogP contribution in [0.3, 0.4) is 0 Å². The van der Waals surface area contributed by atoms with Crippen molar-refractivity contribution in [2.45, 2.75) is 39.4 Å². The lowest BCUT2D eigenvalue weighted by atomic mass is 9.86. The quantitative estimate of drug-likeness (QED) is 0.210. The summed E-state index contributed by atoms with van der Waals surface area (Å²) in [5.74, 6) is -1.03. The molecule has 1 aromatic heterocycles. The van der Waals surface area contributed by atoms with E-state index in [1.807, 2.05) is 69.9 Å². The normalized spacial score (nSPS) is 12.6. The van der Waals surface area contributed by atoms with E-state index in [4.69, 9.17) is 16.3 Å². The first-order valence-electron chi connectivity index (χ1n) is 14.2. The molecular weight excluding hydrogens is 556 g/mol. The third-order valence-corrected chi connectivity index (χ3v) is 8.01. The Bertz CT molecular complexity index is 2000. The molecule has 43 heavy (non-hydrogen) atoms. The van der Waals surface area contributed by atoms with Crippen molar-refractivity contribution in [2.75, 3.05) is 0 Å². The lowest BCUT2D eigenvalue weighted by Crippen LogP contribution is -2.28. The fourth-order valence-electron chi connectivity index (χ4n) is 5.80. The van der Waals surface area contributed by atoms with Gasteiger partial charge in [0.15, 0.2) is 6.10 Å². The van der Waals surface area contributed by atoms with Crippen LogP contribution in [-0.2, 0) is 16.6 Å². The first-order chi connectivity index (χ1) is 20.5. The minimum absolute atomic E-state index is 0.616. The molecule has 1 heterocycles. The SMILES string of the molecule is Cc1cc2ccc(-c3cccc(-c4ccc5c(cnn5C)c4)c3)cc2c(-c2ccc(Cl)cc2)c1[C@H](OC(C)(C)C)C(=O)O. The number of ether oxygens (including phenoxy) is 1. The average molecular weight is 589 g/mol. The van der Waals surface area contributed by atoms with Crippen molar-refractivity contribution in [1.29, 1.82) is 0 Å². The van der Waals surface area contributed by atoms with Gasteiger partial charge in [0.05, 0.1) is 17.3 Å². The maximum absolute atomic E-state index is 12.7. The van der Waals surface area contributed by atoms with Gasteiger partial charge in [-0.15, -0.1) is 0 Å². The lowest BCUT2D eigenvalue weighted by molar-refractivity contribution is -0.160. The number of benzene rings is 5. The van der Waals surface area contributed by atoms with Crippen molar-refractivity contribution < 1.29 is 14.6 Å². The Kier molecular flexibility index (Phi) is 7.33. The van der Waals surface area contributed by atoms with E-state index in [1.165, 1.54) is 0 Å². The first kappa shape index (κ1) is 28.7. The number of aryl methyl sites for hydroxylation is 2. The van der Waals surface area contributed by atoms with Gasteiger partial charge in [0.25, 0.3) is 0 Å². The van der Waals surface area contributed by atoms with E-state index in [2.05, 4.69) is 71.8 Å². The standard InChI is InChI=1S/C37H33ClN2O3/c1-22-17-28-10-9-27(25-8-6-7-24(18-25)26-13-16-32-29(19-26)21-39-40(32)5)20-31(28)34(23-11-14-30(38)15-12-23)33(22)35(36(41)42)43-37(2,3)4/h6-21,35H,1-5H3,(H,41,42)/t35-/m0/s1. The molecule has 5 aromatic carbocycles. The molecule has 6 heteroatoms. The van der Waals surface area contributed by atoms with Crippen LogP contribution in [0.5, 0.6) is 0 Å². The van der Waals surface area contributed by atoms with Gasteiger partial charge >= 0.3 is 5.97 Å². The topological polar surface area (TPSA) is 64.4 Å². The number of aromatic nitrogens is 2. The molecule has 0 radical (unpaired) electrons. The van der Waals surface area contributed by atoms with E-state index >= 15 is 0 Å². The van der Waals surface area contributed by atoms with E-state index in [1.54, 1.807) is 0 Å². The second kappa shape index (κ2) is 11.0. The van der Waals surface area contributed by atoms with Crippen LogP contribution in [0.1, 0.15) is 38.0 Å². The highest BCUT2D eigenvalue weighted by atomic mass is 35.5. The zero-order valence-corrected chi connectivity index (χ0v) is 25.6. The molecule has 1 N–H and O–H groups in total. The van der Waals surface area contributed by atoms with Crippen LogP contribution in [0, 0.1) is 6.92 Å². The fourth-order valence-corrected chi connectivity index (χ4v) is 5.93. The smallest absolute Gasteiger partial charge is 0.337 e. The van der Waals surface area contributed by atoms with Crippen molar-refractivity contribution >= 4 is 39.2 Å². The molecule has 6 aromatic rings. The molecule has 0 aliphatic heterocycles. The third-order valence-electron chi connectivity index (χ3n) is 7.76. The highest BCUT2D eigenvalue weighted by molar-refractivity contribution is 6.30. The summed E-state index contributed by atoms with van der Waals surface area (Å²) in [4.78, 5) is 12.7. The molecule has 0 saturated heterocycles. The van der Waals surface area contributed by atoms with Crippen LogP contribution in [0.15, 0.2) is 97.2 Å². The molecule has 216 valence electrons. The Hall–Kier alpha value is -4.45. The van der Waals surface area contributed by atoms with Gasteiger partial charge in [-0.3, -0.25) is 4.68 Å². The number of carboxylic acid groups (broad SMARTS) is 1. The number of halogens is 1. The highest BCUT2D eigenvalue weighted by Gasteiger charge is 2.31. The molecule has 0 amide bonds. The van der Waals surface area contributed by atoms with Gasteiger partial charge in [-0.1, -0.05) is 66.2 Å². The van der Waals surface area contributed by atoms with Crippen molar-refractivity contribution in [3.8, 4) is 33.4 Å². The van der Waals surface area contributed by atoms with E-state index in [0.29, 0.717) is 10.6 Å². The Labute approximate surface area is 256 Å². The monoisotopic (exact) mass is 588 g/mol. The lowest BCUT2D eigenvalue weighted by Gasteiger charge is -2.28. The Morgan fingerprint density at radius 3 is 2.14 bits per heavy atom. The Morgan fingerprint density at radius 1 is 0.837 bits per heavy atom. The molecule has 0 aliphatic rings. The van der Waals surface area contributed by atoms with Crippen LogP contribution in [0.25, 0.3) is 55.1 Å². The summed E-state index contributed by atoms with van der Waals surface area (Å²) in [5.41, 5.74) is 7.97. The molecule has 0 bridgehead atoms. The van der Waals surface area contributed by atoms with Gasteiger partial charge in [0, 0.05) is 23.0 Å². The van der Waals surface area contributed by atoms with E-state index < -0.39 is 17.7 Å². The maximum Gasteiger partial charge on any atom is 0.337 e. The van der Waals surface area contributed by atoms with E-state index in [-0.39, 0.29) is 0 Å². The van der Waals surface area contributed by atoms with Crippen LogP contribution in [-0.4, -0.2) is 26.5 Å². The summed E-state index contributed by atoms with van der Waals surface area (Å²) in [6.45, 7) is 7.57. The third kappa shape index (κ3) is 5.66. The molecule has 0 fully saturated rings. The summed E-state index contributed by atoms with van der Waals surface area (Å²) in [5, 5.41) is 18.5. The second-order valence-corrected chi connectivity index (χ2v) is 12.4. The zero-order valence-electron chi connectivity index (χ0n) is 24.9. The highest BCUT2D eigenvalue weighted by Crippen LogP contribution is 2.42. The minimum atomic E-state index is -1.15. The number of carboxylic acids is 1. The molecule has 5 nitrogen and oxygen atoms in total. The Balaban J connectivity index is 1.55. The molecule has 1 atom stereocenters. The summed E-state index contributed by atoms with van der Waals surface area (Å²) in [6, 6.07) is 30.9. The van der Waals surface area contributed by atoms with Gasteiger partial charge in [0.2, 0.25) is 0 Å². The molecule has 6 rings (SSSR count). The largest absolute Gasteiger partial charge is 0.479 e. The predicted molar refractivity (Wildman–Crippen MR) is 175 cm³/mol. The summed E-state index contributed by atoms with van der Waals surface area (Å²) in [7, 11) is 1.95. The number of hydrogen-bond donors (Lipinski definition) is 1. The second-order valence-electron chi connectivity index (χ2n) is 12.0. The van der Waals surface area contributed by atoms with Crippen LogP contribution in [0.2, 0.25) is 5.02 Å². The number of rotatable bonds is 6. The molecule has 0 saturated carbocycles. The molecule has 0 spiro atoms. The Morgan fingerprint density at radius 2 is 1.47 bits per heavy atom. The summed E-state index contributed by atoms with van der Waals surface area (Å²) in [6.07, 6.45) is 0.738. The molecule has 0 unspecified atom stereocenters. The summed E-state index contributed by atoms with van der Waals surface area (Å²) >= 11 is 6.27. The van der Waals surface area contributed by atoms with Crippen molar-refractivity contribution in [1.82, 2.24) is 9.78 Å². The number of carbonyl (C=O) groups is 1. The average Bonchev–Trinajstić information content (AvgIpc) is 3.35. The minimum Gasteiger partial charge on any atom is -0.479 e. The number of fused-ring (bicyclic) bond motifs is 2. The van der Waals surface area contributed by atoms with Crippen molar-refractivity contribution in [3.05, 3.63) is 113 Å². The van der Waals surface area contributed by atoms with E-state index in [9.17, 15) is 9.90 Å². The number of nitrogens with zero attached hydrogens (tertiary/aromatic N) is 2. The van der Waals surface area contributed by atoms with Gasteiger partial charge < -0.3 is 9.84 Å². The van der Waals surface area contributed by atoms with Crippen LogP contribution in [0.4, 0.5) is 0 Å². The summed E-state index contributed by atoms with van der Waals surface area (Å²) < 4.78 is 8.06. The first-order valence-corrected chi connectivity index (χ1v) is 14.6. The van der Waals surface area contributed by atoms with Crippen LogP contribution < -0.4 is 0 Å². The van der Waals surface area contributed by atoms with E-state index in [0.717, 1.165) is 60.6 Å². The zero-order chi connectivity index (χ0) is 30.5. The van der Waals surface area contributed by atoms with Crippen LogP contribution >= 0.6 is 11.6 Å². The van der Waals surface area contributed by atoms with Gasteiger partial charge in [-0.05, 0) is 114 Å². The van der Waals surface area contributed by atoms with Gasteiger partial charge in [-0.25, -0.2) is 4.79 Å². The number of aliphatic carboxylic acids is 1. The van der Waals surface area contributed by atoms with Gasteiger partial charge in [-0.2, -0.15) is 5.10 Å². The maximum atomic E-state index is 12.7. The van der Waals surface area contributed by atoms with Gasteiger partial charge in [0.1, 0.15) is 0 Å². The number of hydrogen-bond acceptors (Lipinski definition) is 3. The predicted octanol–water partition coefficient (Wildman–Crippen LogP) is 9.63. The fraction of sp³-hybridized carbons (Fsp3) is 0.189. The van der Waals surface area contributed by atoms with Crippen molar-refractivity contribution in [3.63, 3.8) is 0 Å². The molecule has 0 aliphatic carbocycles. The van der Waals surface area contributed by atoms with Crippen molar-refractivity contribution in [2.24, 2.45) is 7.05 Å². The molecular formula is C37H33ClN2O3.